The van der Waals surface area contributed by atoms with E-state index in [1.807, 2.05) is 6.20 Å². The smallest absolute Gasteiger partial charge is 0.338 e. The summed E-state index contributed by atoms with van der Waals surface area (Å²) in [5, 5.41) is 15.1. The molecule has 0 saturated carbocycles. The number of methoxy groups -OCH3 is 1. The molecule has 8 heteroatoms. The maximum absolute atomic E-state index is 11.4. The molecule has 0 aliphatic rings. The lowest BCUT2D eigenvalue weighted by atomic mass is 10.1. The lowest BCUT2D eigenvalue weighted by Gasteiger charge is -2.02. The molecule has 2 aromatic rings. The van der Waals surface area contributed by atoms with Crippen molar-refractivity contribution >= 4 is 17.9 Å². The standard InChI is InChI=1S/C14H14N4O4/c1-22-14(19)11-3-4-12(13(9-11)18(20)21)10-15-6-8-17-7-2-5-16-17/h2-5,7,9-10H,6,8H2,1H3. The Morgan fingerprint density at radius 1 is 1.55 bits per heavy atom. The summed E-state index contributed by atoms with van der Waals surface area (Å²) < 4.78 is 6.26. The highest BCUT2D eigenvalue weighted by Crippen LogP contribution is 2.19. The van der Waals surface area contributed by atoms with Crippen LogP contribution in [0.25, 0.3) is 0 Å². The molecule has 1 aromatic carbocycles. The minimum Gasteiger partial charge on any atom is -0.465 e. The Kier molecular flexibility index (Phi) is 4.97. The molecule has 0 amide bonds. The molecule has 8 nitrogen and oxygen atoms in total. The minimum absolute atomic E-state index is 0.128. The van der Waals surface area contributed by atoms with Gasteiger partial charge >= 0.3 is 5.97 Å². The fourth-order valence-corrected chi connectivity index (χ4v) is 1.81. The van der Waals surface area contributed by atoms with Gasteiger partial charge < -0.3 is 4.74 Å². The predicted molar refractivity (Wildman–Crippen MR) is 79.1 cm³/mol. The summed E-state index contributed by atoms with van der Waals surface area (Å²) in [5.74, 6) is -0.620. The summed E-state index contributed by atoms with van der Waals surface area (Å²) in [6, 6.07) is 5.93. The number of nitrogens with zero attached hydrogens (tertiary/aromatic N) is 4. The van der Waals surface area contributed by atoms with Crippen molar-refractivity contribution in [3.05, 3.63) is 57.9 Å². The van der Waals surface area contributed by atoms with Gasteiger partial charge in [0, 0.05) is 24.7 Å². The van der Waals surface area contributed by atoms with Gasteiger partial charge in [-0.2, -0.15) is 5.10 Å². The van der Waals surface area contributed by atoms with E-state index in [4.69, 9.17) is 0 Å². The van der Waals surface area contributed by atoms with Crippen LogP contribution in [0, 0.1) is 10.1 Å². The molecular weight excluding hydrogens is 288 g/mol. The number of hydrogen-bond acceptors (Lipinski definition) is 6. The fraction of sp³-hybridized carbons (Fsp3) is 0.214. The number of aromatic nitrogens is 2. The third kappa shape index (κ3) is 3.75. The number of carbonyl (C=O) groups is 1. The Labute approximate surface area is 126 Å². The van der Waals surface area contributed by atoms with Crippen molar-refractivity contribution in [2.24, 2.45) is 4.99 Å². The molecule has 0 saturated heterocycles. The SMILES string of the molecule is COC(=O)c1ccc(C=NCCn2cccn2)c([N+](=O)[O-])c1. The molecule has 0 aliphatic carbocycles. The quantitative estimate of drug-likeness (QED) is 0.350. The summed E-state index contributed by atoms with van der Waals surface area (Å²) in [4.78, 5) is 26.1. The van der Waals surface area contributed by atoms with Crippen LogP contribution >= 0.6 is 0 Å². The van der Waals surface area contributed by atoms with E-state index >= 15 is 0 Å². The zero-order valence-electron chi connectivity index (χ0n) is 11.9. The number of ether oxygens (including phenoxy) is 1. The molecule has 0 atom stereocenters. The second-order valence-corrected chi connectivity index (χ2v) is 4.33. The molecule has 114 valence electrons. The van der Waals surface area contributed by atoms with Crippen LogP contribution in [0.15, 0.2) is 41.7 Å². The zero-order valence-corrected chi connectivity index (χ0v) is 11.9. The van der Waals surface area contributed by atoms with Crippen molar-refractivity contribution in [1.29, 1.82) is 0 Å². The Balaban J connectivity index is 2.12. The molecule has 1 heterocycles. The van der Waals surface area contributed by atoms with E-state index in [0.29, 0.717) is 18.7 Å². The normalized spacial score (nSPS) is 10.8. The first-order chi connectivity index (χ1) is 10.6. The average molecular weight is 302 g/mol. The summed E-state index contributed by atoms with van der Waals surface area (Å²) in [6.07, 6.45) is 4.89. The van der Waals surface area contributed by atoms with Crippen molar-refractivity contribution in [2.75, 3.05) is 13.7 Å². The number of rotatable bonds is 6. The van der Waals surface area contributed by atoms with Gasteiger partial charge in [-0.3, -0.25) is 19.8 Å². The van der Waals surface area contributed by atoms with E-state index in [1.165, 1.54) is 31.5 Å². The average Bonchev–Trinajstić information content (AvgIpc) is 3.04. The number of aliphatic imine (C=N–C) groups is 1. The van der Waals surface area contributed by atoms with Gasteiger partial charge in [0.05, 0.1) is 36.2 Å². The maximum atomic E-state index is 11.4. The molecule has 0 spiro atoms. The fourth-order valence-electron chi connectivity index (χ4n) is 1.81. The highest BCUT2D eigenvalue weighted by atomic mass is 16.6. The Hall–Kier alpha value is -3.03. The summed E-state index contributed by atoms with van der Waals surface area (Å²) >= 11 is 0. The van der Waals surface area contributed by atoms with E-state index < -0.39 is 10.9 Å². The molecule has 0 unspecified atom stereocenters. The van der Waals surface area contributed by atoms with E-state index in [1.54, 1.807) is 16.9 Å². The third-order valence-corrected chi connectivity index (χ3v) is 2.90. The lowest BCUT2D eigenvalue weighted by molar-refractivity contribution is -0.385. The zero-order chi connectivity index (χ0) is 15.9. The van der Waals surface area contributed by atoms with Crippen LogP contribution in [0.1, 0.15) is 15.9 Å². The Bertz CT molecular complexity index is 695. The summed E-state index contributed by atoms with van der Waals surface area (Å²) in [5.41, 5.74) is 0.270. The summed E-state index contributed by atoms with van der Waals surface area (Å²) in [6.45, 7) is 1.02. The molecule has 0 aliphatic heterocycles. The van der Waals surface area contributed by atoms with Gasteiger partial charge in [0.1, 0.15) is 0 Å². The highest BCUT2D eigenvalue weighted by Gasteiger charge is 2.16. The molecule has 0 radical (unpaired) electrons. The number of esters is 1. The molecule has 0 bridgehead atoms. The van der Waals surface area contributed by atoms with Gasteiger partial charge in [-0.05, 0) is 18.2 Å². The van der Waals surface area contributed by atoms with Gasteiger partial charge in [0.25, 0.3) is 5.69 Å². The Morgan fingerprint density at radius 3 is 3.00 bits per heavy atom. The first-order valence-corrected chi connectivity index (χ1v) is 6.46. The van der Waals surface area contributed by atoms with E-state index in [9.17, 15) is 14.9 Å². The van der Waals surface area contributed by atoms with Crippen molar-refractivity contribution in [1.82, 2.24) is 9.78 Å². The lowest BCUT2D eigenvalue weighted by Crippen LogP contribution is -2.04. The Morgan fingerprint density at radius 2 is 2.36 bits per heavy atom. The van der Waals surface area contributed by atoms with E-state index in [2.05, 4.69) is 14.8 Å². The first-order valence-electron chi connectivity index (χ1n) is 6.46. The minimum atomic E-state index is -0.620. The van der Waals surface area contributed by atoms with Gasteiger partial charge in [-0.15, -0.1) is 0 Å². The van der Waals surface area contributed by atoms with E-state index in [-0.39, 0.29) is 11.3 Å². The second-order valence-electron chi connectivity index (χ2n) is 4.33. The number of benzene rings is 1. The van der Waals surface area contributed by atoms with Crippen molar-refractivity contribution in [3.63, 3.8) is 0 Å². The topological polar surface area (TPSA) is 99.6 Å². The van der Waals surface area contributed by atoms with Crippen LogP contribution in [-0.2, 0) is 11.3 Å². The molecule has 2 rings (SSSR count). The largest absolute Gasteiger partial charge is 0.465 e. The van der Waals surface area contributed by atoms with Crippen LogP contribution < -0.4 is 0 Å². The van der Waals surface area contributed by atoms with Crippen LogP contribution in [0.3, 0.4) is 0 Å². The molecule has 22 heavy (non-hydrogen) atoms. The second kappa shape index (κ2) is 7.11. The number of hydrogen-bond donors (Lipinski definition) is 0. The van der Waals surface area contributed by atoms with Gasteiger partial charge in [-0.25, -0.2) is 4.79 Å². The molecule has 0 fully saturated rings. The van der Waals surface area contributed by atoms with Crippen LogP contribution in [0.5, 0.6) is 0 Å². The van der Waals surface area contributed by atoms with Gasteiger partial charge in [0.2, 0.25) is 0 Å². The molecular formula is C14H14N4O4. The van der Waals surface area contributed by atoms with Crippen molar-refractivity contribution < 1.29 is 14.5 Å². The molecule has 1 aromatic heterocycles. The van der Waals surface area contributed by atoms with Crippen molar-refractivity contribution in [2.45, 2.75) is 6.54 Å². The number of nitro groups is 1. The summed E-state index contributed by atoms with van der Waals surface area (Å²) in [7, 11) is 1.22. The monoisotopic (exact) mass is 302 g/mol. The van der Waals surface area contributed by atoms with Crippen molar-refractivity contribution in [3.8, 4) is 0 Å². The predicted octanol–water partition coefficient (Wildman–Crippen LogP) is 1.70. The van der Waals surface area contributed by atoms with Crippen LogP contribution in [-0.4, -0.2) is 40.5 Å². The first kappa shape index (κ1) is 15.4. The van der Waals surface area contributed by atoms with E-state index in [0.717, 1.165) is 0 Å². The number of nitro benzene ring substituents is 1. The van der Waals surface area contributed by atoms with Crippen LogP contribution in [0.4, 0.5) is 5.69 Å². The van der Waals surface area contributed by atoms with Gasteiger partial charge in [-0.1, -0.05) is 0 Å². The van der Waals surface area contributed by atoms with Gasteiger partial charge in [0.15, 0.2) is 0 Å². The molecule has 0 N–H and O–H groups in total. The maximum Gasteiger partial charge on any atom is 0.338 e. The third-order valence-electron chi connectivity index (χ3n) is 2.90. The highest BCUT2D eigenvalue weighted by molar-refractivity contribution is 5.93. The van der Waals surface area contributed by atoms with Crippen LogP contribution in [0.2, 0.25) is 0 Å². The number of carbonyl (C=O) groups excluding carboxylic acids is 1.